The molecule has 0 bridgehead atoms. The lowest BCUT2D eigenvalue weighted by Gasteiger charge is -2.00. The van der Waals surface area contributed by atoms with Crippen molar-refractivity contribution in [1.29, 1.82) is 0 Å². The van der Waals surface area contributed by atoms with Crippen LogP contribution in [0, 0.1) is 0 Å². The van der Waals surface area contributed by atoms with E-state index in [0.717, 1.165) is 0 Å². The van der Waals surface area contributed by atoms with Gasteiger partial charge in [0.05, 0.1) is 0 Å². The molecular formula is C8H28O4Si2. The molecule has 92 valence electrons. The zero-order chi connectivity index (χ0) is 9.98. The predicted octanol–water partition coefficient (Wildman–Crippen LogP) is 1.53. The van der Waals surface area contributed by atoms with Crippen molar-refractivity contribution < 1.29 is 17.7 Å². The highest BCUT2D eigenvalue weighted by Gasteiger charge is 1.94. The highest BCUT2D eigenvalue weighted by atomic mass is 28.3. The molecule has 0 spiro atoms. The van der Waals surface area contributed by atoms with Crippen molar-refractivity contribution in [3.8, 4) is 0 Å². The quantitative estimate of drug-likeness (QED) is 0.703. The summed E-state index contributed by atoms with van der Waals surface area (Å²) in [4.78, 5) is 0. The maximum Gasteiger partial charge on any atom is 0.317 e. The van der Waals surface area contributed by atoms with Crippen molar-refractivity contribution >= 4 is 18.6 Å². The summed E-state index contributed by atoms with van der Waals surface area (Å²) in [7, 11) is 4.35. The Hall–Kier alpha value is 0.274. The van der Waals surface area contributed by atoms with E-state index in [1.54, 1.807) is 28.4 Å². The van der Waals surface area contributed by atoms with E-state index in [1.807, 2.05) is 13.1 Å². The molecule has 0 aliphatic rings. The van der Waals surface area contributed by atoms with Gasteiger partial charge in [0.2, 0.25) is 0 Å². The summed E-state index contributed by atoms with van der Waals surface area (Å²) in [5, 5.41) is 0. The summed E-state index contributed by atoms with van der Waals surface area (Å²) in [6.45, 7) is 3.94. The summed E-state index contributed by atoms with van der Waals surface area (Å²) in [6.07, 6.45) is 0. The molecule has 0 aliphatic carbocycles. The van der Waals surface area contributed by atoms with E-state index in [9.17, 15) is 0 Å². The Morgan fingerprint density at radius 1 is 0.571 bits per heavy atom. The topological polar surface area (TPSA) is 36.9 Å². The number of rotatable bonds is 4. The molecule has 0 saturated heterocycles. The minimum absolute atomic E-state index is 0. The van der Waals surface area contributed by atoms with Crippen LogP contribution in [0.4, 0.5) is 0 Å². The maximum absolute atomic E-state index is 4.82. The second-order valence-electron chi connectivity index (χ2n) is 2.08. The van der Waals surface area contributed by atoms with Crippen molar-refractivity contribution in [2.24, 2.45) is 0 Å². The van der Waals surface area contributed by atoms with E-state index < -0.39 is 18.6 Å². The van der Waals surface area contributed by atoms with Crippen LogP contribution in [0.1, 0.15) is 14.9 Å². The molecule has 0 aromatic carbocycles. The zero-order valence-electron chi connectivity index (χ0n) is 8.79. The van der Waals surface area contributed by atoms with Gasteiger partial charge in [0.1, 0.15) is 0 Å². The molecule has 0 atom stereocenters. The van der Waals surface area contributed by atoms with Crippen molar-refractivity contribution in [3.05, 3.63) is 0 Å². The maximum atomic E-state index is 4.82. The highest BCUT2D eigenvalue weighted by Crippen LogP contribution is 1.78. The van der Waals surface area contributed by atoms with Crippen LogP contribution in [0.25, 0.3) is 0 Å². The molecule has 0 heterocycles. The number of hydrogen-bond acceptors (Lipinski definition) is 4. The molecule has 0 amide bonds. The average Bonchev–Trinajstić information content (AvgIpc) is 2.16. The Bertz CT molecular complexity index is 67.7. The van der Waals surface area contributed by atoms with E-state index in [4.69, 9.17) is 17.7 Å². The normalized spacial score (nSPS) is 8.57. The molecule has 0 fully saturated rings. The van der Waals surface area contributed by atoms with Crippen molar-refractivity contribution in [3.63, 3.8) is 0 Å². The van der Waals surface area contributed by atoms with Crippen LogP contribution in [-0.2, 0) is 17.7 Å². The Kier molecular flexibility index (Phi) is 32.2. The van der Waals surface area contributed by atoms with E-state index in [-0.39, 0.29) is 14.9 Å². The van der Waals surface area contributed by atoms with Gasteiger partial charge in [-0.25, -0.2) is 0 Å². The first kappa shape index (κ1) is 23.8. The molecule has 0 saturated carbocycles. The molecule has 0 aliphatic heterocycles. The van der Waals surface area contributed by atoms with Gasteiger partial charge >= 0.3 is 18.6 Å². The molecule has 0 rings (SSSR count). The van der Waals surface area contributed by atoms with Gasteiger partial charge in [0.25, 0.3) is 0 Å². The summed E-state index contributed by atoms with van der Waals surface area (Å²) in [5.74, 6) is 0. The minimum atomic E-state index is -1.16. The molecule has 0 aromatic rings. The van der Waals surface area contributed by atoms with Gasteiger partial charge in [-0.3, -0.25) is 0 Å². The molecule has 4 nitrogen and oxygen atoms in total. The fourth-order valence-electron chi connectivity index (χ4n) is 0.192. The lowest BCUT2D eigenvalue weighted by molar-refractivity contribution is 0.285. The van der Waals surface area contributed by atoms with E-state index in [0.29, 0.717) is 0 Å². The molecular weight excluding hydrogens is 216 g/mol. The smallest absolute Gasteiger partial charge is 0.317 e. The zero-order valence-corrected chi connectivity index (χ0v) is 11.1. The van der Waals surface area contributed by atoms with Crippen LogP contribution in [0.5, 0.6) is 0 Å². The fraction of sp³-hybridized carbons (Fsp3) is 1.00. The molecule has 0 radical (unpaired) electrons. The van der Waals surface area contributed by atoms with Crippen LogP contribution in [0.3, 0.4) is 0 Å². The summed E-state index contributed by atoms with van der Waals surface area (Å²) in [5.41, 5.74) is 0. The van der Waals surface area contributed by atoms with Crippen molar-refractivity contribution in [2.75, 3.05) is 28.4 Å². The first-order chi connectivity index (χ1) is 5.62. The van der Waals surface area contributed by atoms with E-state index in [2.05, 4.69) is 0 Å². The van der Waals surface area contributed by atoms with Gasteiger partial charge < -0.3 is 17.7 Å². The predicted molar refractivity (Wildman–Crippen MR) is 67.5 cm³/mol. The third-order valence-corrected chi connectivity index (χ3v) is 3.98. The molecule has 0 aromatic heterocycles. The Morgan fingerprint density at radius 2 is 0.714 bits per heavy atom. The van der Waals surface area contributed by atoms with Crippen LogP contribution in [0.15, 0.2) is 0 Å². The van der Waals surface area contributed by atoms with Gasteiger partial charge in [-0.05, 0) is 13.1 Å². The Morgan fingerprint density at radius 3 is 0.714 bits per heavy atom. The van der Waals surface area contributed by atoms with Gasteiger partial charge in [-0.15, -0.1) is 0 Å². The SMILES string of the molecule is C.C.CO[SiH](C)OC.CO[SiH](C)OC. The third-order valence-electron chi connectivity index (χ3n) is 1.33. The second kappa shape index (κ2) is 18.9. The van der Waals surface area contributed by atoms with E-state index >= 15 is 0 Å². The Balaban J connectivity index is -0.0000000625. The van der Waals surface area contributed by atoms with Gasteiger partial charge in [-0.1, -0.05) is 14.9 Å². The Labute approximate surface area is 93.2 Å². The second-order valence-corrected chi connectivity index (χ2v) is 6.23. The molecule has 0 N–H and O–H groups in total. The molecule has 6 heteroatoms. The first-order valence-corrected chi connectivity index (χ1v) is 7.93. The monoisotopic (exact) mass is 244 g/mol. The number of hydrogen-bond donors (Lipinski definition) is 0. The molecule has 14 heavy (non-hydrogen) atoms. The van der Waals surface area contributed by atoms with Gasteiger partial charge in [-0.2, -0.15) is 0 Å². The molecule has 0 unspecified atom stereocenters. The first-order valence-electron chi connectivity index (χ1n) is 3.73. The van der Waals surface area contributed by atoms with Crippen LogP contribution in [0.2, 0.25) is 13.1 Å². The van der Waals surface area contributed by atoms with Crippen molar-refractivity contribution in [2.45, 2.75) is 27.9 Å². The van der Waals surface area contributed by atoms with Crippen LogP contribution in [-0.4, -0.2) is 47.0 Å². The summed E-state index contributed by atoms with van der Waals surface area (Å²) < 4.78 is 19.3. The van der Waals surface area contributed by atoms with Crippen LogP contribution >= 0.6 is 0 Å². The fourth-order valence-corrected chi connectivity index (χ4v) is 0.577. The standard InChI is InChI=1S/2C3H10O2Si.2CH4/c2*1-4-6(3)5-2;;/h2*6H,1-3H3;2*1H4. The minimum Gasteiger partial charge on any atom is -0.400 e. The average molecular weight is 244 g/mol. The van der Waals surface area contributed by atoms with E-state index in [1.165, 1.54) is 0 Å². The third kappa shape index (κ3) is 22.8. The lowest BCUT2D eigenvalue weighted by atomic mass is 11.8. The van der Waals surface area contributed by atoms with Gasteiger partial charge in [0.15, 0.2) is 0 Å². The summed E-state index contributed by atoms with van der Waals surface area (Å²) in [6, 6.07) is 0. The van der Waals surface area contributed by atoms with Crippen LogP contribution < -0.4 is 0 Å². The highest BCUT2D eigenvalue weighted by molar-refractivity contribution is 6.42. The van der Waals surface area contributed by atoms with Gasteiger partial charge in [0, 0.05) is 28.4 Å². The lowest BCUT2D eigenvalue weighted by Crippen LogP contribution is -2.12. The van der Waals surface area contributed by atoms with Crippen molar-refractivity contribution in [1.82, 2.24) is 0 Å². The largest absolute Gasteiger partial charge is 0.400 e. The summed E-state index contributed by atoms with van der Waals surface area (Å²) >= 11 is 0.